The van der Waals surface area contributed by atoms with Gasteiger partial charge >= 0.3 is 19.1 Å². The Kier molecular flexibility index (Phi) is 27.4. The number of aromatic nitrogens is 6. The molecular weight excluding hydrogens is 735 g/mol. The molecule has 0 fully saturated rings. The molecule has 13 nitrogen and oxygen atoms in total. The number of carbonyl (C=O) groups excluding carboxylic acids is 2. The first-order valence-corrected chi connectivity index (χ1v) is 16.2. The molecule has 6 aromatic rings. The van der Waals surface area contributed by atoms with Gasteiger partial charge in [-0.25, -0.2) is 39.5 Å². The standard InChI is InChI=1S/C13H12N2O2.C11H10N2O.C7H7ClN2O2.C6H7BO2.4CH4/c1-2-17-13(16)11-8-14-12(15-9-11)10-6-4-3-5-7-10;14-8-9-6-12-11(13-7-9)10-4-2-1-3-5-10;1-2-12-6(11)5-3-9-7(8)10-4-5;8-7(9)6-4-2-1-3-5-6;;;;/h3-9H,2H2,1H3;1-7,14H,8H2;3-4H,2H2,1H3;1-5,8-9H;4*1H4. The number of ether oxygens (including phenoxy) is 2. The number of hydrogen-bond donors (Lipinski definition) is 3. The maximum absolute atomic E-state index is 11.4. The fourth-order valence-electron chi connectivity index (χ4n) is 3.81. The normalized spacial score (nSPS) is 9.04. The Morgan fingerprint density at radius 3 is 1.23 bits per heavy atom. The van der Waals surface area contributed by atoms with Gasteiger partial charge in [0.2, 0.25) is 5.28 Å². The average Bonchev–Trinajstić information content (AvgIpc) is 3.20. The van der Waals surface area contributed by atoms with Gasteiger partial charge in [0.05, 0.1) is 30.9 Å². The molecule has 3 aromatic heterocycles. The van der Waals surface area contributed by atoms with E-state index in [1.807, 2.05) is 66.7 Å². The van der Waals surface area contributed by atoms with Gasteiger partial charge in [-0.1, -0.05) is 121 Å². The molecule has 0 spiro atoms. The van der Waals surface area contributed by atoms with Crippen LogP contribution in [0.25, 0.3) is 22.8 Å². The molecule has 0 saturated carbocycles. The lowest BCUT2D eigenvalue weighted by molar-refractivity contribution is 0.0515. The Morgan fingerprint density at radius 2 is 0.911 bits per heavy atom. The Hall–Kier alpha value is -5.93. The number of rotatable bonds is 8. The molecule has 3 N–H and O–H groups in total. The zero-order chi connectivity index (χ0) is 37.6. The van der Waals surface area contributed by atoms with Crippen molar-refractivity contribution in [3.63, 3.8) is 0 Å². The van der Waals surface area contributed by atoms with Crippen molar-refractivity contribution >= 4 is 36.1 Å². The fourth-order valence-corrected chi connectivity index (χ4v) is 3.91. The zero-order valence-corrected chi connectivity index (χ0v) is 29.1. The first kappa shape index (κ1) is 52.2. The molecule has 6 rings (SSSR count). The molecule has 3 heterocycles. The van der Waals surface area contributed by atoms with Crippen LogP contribution in [0.4, 0.5) is 0 Å². The second kappa shape index (κ2) is 29.4. The second-order valence-corrected chi connectivity index (χ2v) is 10.4. The van der Waals surface area contributed by atoms with Gasteiger partial charge in [-0.2, -0.15) is 0 Å². The van der Waals surface area contributed by atoms with Crippen LogP contribution in [0.15, 0.2) is 128 Å². The van der Waals surface area contributed by atoms with Crippen molar-refractivity contribution in [1.82, 2.24) is 29.9 Å². The number of aliphatic hydroxyl groups excluding tert-OH is 1. The minimum absolute atomic E-state index is 0. The summed E-state index contributed by atoms with van der Waals surface area (Å²) >= 11 is 5.42. The van der Waals surface area contributed by atoms with E-state index < -0.39 is 19.1 Å². The molecule has 3 aromatic carbocycles. The highest BCUT2D eigenvalue weighted by molar-refractivity contribution is 6.58. The third-order valence-electron chi connectivity index (χ3n) is 6.34. The number of carbonyl (C=O) groups is 2. The van der Waals surface area contributed by atoms with Gasteiger partial charge in [0.1, 0.15) is 0 Å². The summed E-state index contributed by atoms with van der Waals surface area (Å²) in [5.41, 5.74) is 3.83. The van der Waals surface area contributed by atoms with E-state index in [9.17, 15) is 9.59 Å². The molecule has 0 aliphatic rings. The van der Waals surface area contributed by atoms with Crippen LogP contribution in [0.1, 0.15) is 69.8 Å². The van der Waals surface area contributed by atoms with Crippen molar-refractivity contribution in [1.29, 1.82) is 0 Å². The molecule has 298 valence electrons. The van der Waals surface area contributed by atoms with Gasteiger partial charge in [-0.3, -0.25) is 0 Å². The van der Waals surface area contributed by atoms with E-state index in [-0.39, 0.29) is 41.6 Å². The Bertz CT molecular complexity index is 1900. The molecule has 0 atom stereocenters. The summed E-state index contributed by atoms with van der Waals surface area (Å²) in [5.74, 6) is 0.447. The van der Waals surface area contributed by atoms with E-state index in [1.54, 1.807) is 50.5 Å². The fraction of sp³-hybridized carbons (Fsp3) is 0.220. The minimum atomic E-state index is -1.34. The van der Waals surface area contributed by atoms with Crippen molar-refractivity contribution in [3.05, 3.63) is 150 Å². The van der Waals surface area contributed by atoms with Crippen LogP contribution in [0, 0.1) is 0 Å². The lowest BCUT2D eigenvalue weighted by atomic mass is 9.81. The highest BCUT2D eigenvalue weighted by Crippen LogP contribution is 2.14. The molecule has 0 aliphatic carbocycles. The highest BCUT2D eigenvalue weighted by Gasteiger charge is 2.09. The summed E-state index contributed by atoms with van der Waals surface area (Å²) in [7, 11) is -1.34. The van der Waals surface area contributed by atoms with E-state index in [4.69, 9.17) is 36.2 Å². The van der Waals surface area contributed by atoms with Crippen molar-refractivity contribution in [2.45, 2.75) is 50.2 Å². The molecule has 0 bridgehead atoms. The molecule has 15 heteroatoms. The molecule has 0 radical (unpaired) electrons. The zero-order valence-electron chi connectivity index (χ0n) is 28.4. The van der Waals surface area contributed by atoms with Gasteiger partial charge in [-0.15, -0.1) is 0 Å². The largest absolute Gasteiger partial charge is 0.488 e. The number of benzene rings is 3. The van der Waals surface area contributed by atoms with E-state index in [0.717, 1.165) is 16.7 Å². The Morgan fingerprint density at radius 1 is 0.571 bits per heavy atom. The summed E-state index contributed by atoms with van der Waals surface area (Å²) in [6, 6.07) is 28.0. The van der Waals surface area contributed by atoms with E-state index in [2.05, 4.69) is 29.9 Å². The second-order valence-electron chi connectivity index (χ2n) is 10.1. The van der Waals surface area contributed by atoms with Crippen molar-refractivity contribution in [2.75, 3.05) is 13.2 Å². The lowest BCUT2D eigenvalue weighted by Crippen LogP contribution is -2.29. The molecule has 0 saturated heterocycles. The summed E-state index contributed by atoms with van der Waals surface area (Å²) < 4.78 is 9.56. The SMILES string of the molecule is C.C.C.C.CCOC(=O)c1cnc(-c2ccccc2)nc1.CCOC(=O)c1cnc(Cl)nc1.OB(O)c1ccccc1.OCc1cnc(-c2ccccc2)nc1. The van der Waals surface area contributed by atoms with Crippen LogP contribution < -0.4 is 5.46 Å². The Balaban J connectivity index is 0. The number of aliphatic hydroxyl groups is 1. The van der Waals surface area contributed by atoms with Crippen LogP contribution in [-0.2, 0) is 16.1 Å². The van der Waals surface area contributed by atoms with Crippen molar-refractivity contribution in [3.8, 4) is 22.8 Å². The van der Waals surface area contributed by atoms with Gasteiger partial charge in [0.15, 0.2) is 11.6 Å². The van der Waals surface area contributed by atoms with Crippen LogP contribution in [-0.4, -0.2) is 77.3 Å². The van der Waals surface area contributed by atoms with E-state index in [1.165, 1.54) is 24.8 Å². The smallest absolute Gasteiger partial charge is 0.462 e. The van der Waals surface area contributed by atoms with Crippen LogP contribution in [0.2, 0.25) is 5.28 Å². The van der Waals surface area contributed by atoms with Crippen molar-refractivity contribution in [2.24, 2.45) is 0 Å². The number of nitrogens with zero attached hydrogens (tertiary/aromatic N) is 6. The van der Waals surface area contributed by atoms with Crippen LogP contribution in [0.5, 0.6) is 0 Å². The van der Waals surface area contributed by atoms with Crippen LogP contribution in [0.3, 0.4) is 0 Å². The maximum atomic E-state index is 11.4. The summed E-state index contributed by atoms with van der Waals surface area (Å²) in [6.07, 6.45) is 8.88. The van der Waals surface area contributed by atoms with E-state index in [0.29, 0.717) is 41.5 Å². The van der Waals surface area contributed by atoms with E-state index >= 15 is 0 Å². The van der Waals surface area contributed by atoms with Gasteiger partial charge in [-0.05, 0) is 30.9 Å². The average molecular weight is 787 g/mol. The van der Waals surface area contributed by atoms with Crippen molar-refractivity contribution < 1.29 is 34.2 Å². The summed E-state index contributed by atoms with van der Waals surface area (Å²) in [5, 5.41) is 26.1. The predicted molar refractivity (Wildman–Crippen MR) is 223 cm³/mol. The highest BCUT2D eigenvalue weighted by atomic mass is 35.5. The summed E-state index contributed by atoms with van der Waals surface area (Å²) in [6.45, 7) is 4.15. The maximum Gasteiger partial charge on any atom is 0.488 e. The lowest BCUT2D eigenvalue weighted by Gasteiger charge is -2.02. The quantitative estimate of drug-likeness (QED) is 0.0800. The number of esters is 2. The first-order chi connectivity index (χ1) is 25.2. The van der Waals surface area contributed by atoms with Gasteiger partial charge < -0.3 is 24.6 Å². The topological polar surface area (TPSA) is 191 Å². The third kappa shape index (κ3) is 18.4. The first-order valence-electron chi connectivity index (χ1n) is 15.8. The molecule has 0 amide bonds. The molecule has 56 heavy (non-hydrogen) atoms. The van der Waals surface area contributed by atoms with Crippen LogP contribution >= 0.6 is 11.6 Å². The van der Waals surface area contributed by atoms with Gasteiger partial charge in [0, 0.05) is 53.9 Å². The molecule has 0 unspecified atom stereocenters. The monoisotopic (exact) mass is 786 g/mol. The summed E-state index contributed by atoms with van der Waals surface area (Å²) in [4.78, 5) is 46.3. The Labute approximate surface area is 335 Å². The number of hydrogen-bond acceptors (Lipinski definition) is 13. The minimum Gasteiger partial charge on any atom is -0.462 e. The number of halogens is 1. The van der Waals surface area contributed by atoms with Gasteiger partial charge in [0.25, 0.3) is 0 Å². The molecule has 0 aliphatic heterocycles. The third-order valence-corrected chi connectivity index (χ3v) is 6.54. The molecular formula is C41H52BClN6O7. The predicted octanol–water partition coefficient (Wildman–Crippen LogP) is 7.17.